The van der Waals surface area contributed by atoms with Gasteiger partial charge in [0.2, 0.25) is 0 Å². The third-order valence-corrected chi connectivity index (χ3v) is 1.76. The van der Waals surface area contributed by atoms with E-state index in [0.29, 0.717) is 0 Å². The fraction of sp³-hybridized carbons (Fsp3) is 0.222. The van der Waals surface area contributed by atoms with E-state index in [4.69, 9.17) is 10.4 Å². The number of hydrogen-bond acceptors (Lipinski definition) is 4. The largest absolute Gasteiger partial charge is 0.506 e. The van der Waals surface area contributed by atoms with Crippen LogP contribution in [0.5, 0.6) is 5.75 Å². The molecule has 1 rings (SSSR count). The van der Waals surface area contributed by atoms with E-state index in [1.807, 2.05) is 0 Å². The number of nitrogens with zero attached hydrogens (tertiary/aromatic N) is 2. The number of carboxylic acids is 1. The monoisotopic (exact) mass is 228 g/mol. The van der Waals surface area contributed by atoms with Gasteiger partial charge in [0.1, 0.15) is 23.2 Å². The Morgan fingerprint density at radius 3 is 2.69 bits per heavy atom. The third-order valence-electron chi connectivity index (χ3n) is 1.76. The van der Waals surface area contributed by atoms with Gasteiger partial charge in [0, 0.05) is 5.56 Å². The van der Waals surface area contributed by atoms with Gasteiger partial charge >= 0.3 is 5.97 Å². The van der Waals surface area contributed by atoms with Gasteiger partial charge in [-0.25, -0.2) is 13.8 Å². The molecular formula is C9H6F2N2O3. The Morgan fingerprint density at radius 2 is 2.25 bits per heavy atom. The third kappa shape index (κ3) is 2.42. The van der Waals surface area contributed by atoms with Crippen LogP contribution in [-0.2, 0) is 11.2 Å². The molecule has 1 aromatic rings. The van der Waals surface area contributed by atoms with E-state index in [9.17, 15) is 18.7 Å². The topological polar surface area (TPSA) is 94.2 Å². The molecule has 0 saturated carbocycles. The SMILES string of the molecule is N#Cc1cc(CC(=O)O)c(O)c(C(F)F)n1. The van der Waals surface area contributed by atoms with E-state index >= 15 is 0 Å². The minimum atomic E-state index is -3.07. The van der Waals surface area contributed by atoms with Crippen molar-refractivity contribution in [3.8, 4) is 11.8 Å². The Kier molecular flexibility index (Phi) is 3.35. The molecular weight excluding hydrogens is 222 g/mol. The molecule has 0 amide bonds. The van der Waals surface area contributed by atoms with Gasteiger partial charge in [0.25, 0.3) is 6.43 Å². The van der Waals surface area contributed by atoms with E-state index in [2.05, 4.69) is 4.98 Å². The fourth-order valence-electron chi connectivity index (χ4n) is 1.12. The van der Waals surface area contributed by atoms with Gasteiger partial charge in [-0.1, -0.05) is 0 Å². The van der Waals surface area contributed by atoms with Crippen LogP contribution in [0.25, 0.3) is 0 Å². The van der Waals surface area contributed by atoms with Crippen molar-refractivity contribution in [2.24, 2.45) is 0 Å². The lowest BCUT2D eigenvalue weighted by atomic mass is 10.1. The molecule has 5 nitrogen and oxygen atoms in total. The summed E-state index contributed by atoms with van der Waals surface area (Å²) in [6.07, 6.45) is -3.72. The molecule has 0 aliphatic heterocycles. The van der Waals surface area contributed by atoms with Crippen molar-refractivity contribution >= 4 is 5.97 Å². The van der Waals surface area contributed by atoms with Crippen molar-refractivity contribution < 1.29 is 23.8 Å². The molecule has 0 aliphatic rings. The number of aliphatic carboxylic acids is 1. The Bertz CT molecular complexity index is 469. The number of carbonyl (C=O) groups is 1. The van der Waals surface area contributed by atoms with Crippen LogP contribution in [0.4, 0.5) is 8.78 Å². The zero-order chi connectivity index (χ0) is 12.3. The number of halogens is 2. The normalized spacial score (nSPS) is 10.1. The lowest BCUT2D eigenvalue weighted by Gasteiger charge is -2.07. The van der Waals surface area contributed by atoms with Crippen LogP contribution in [0, 0.1) is 11.3 Å². The average molecular weight is 228 g/mol. The van der Waals surface area contributed by atoms with Gasteiger partial charge in [-0.2, -0.15) is 5.26 Å². The molecule has 16 heavy (non-hydrogen) atoms. The van der Waals surface area contributed by atoms with Gasteiger partial charge in [-0.3, -0.25) is 4.79 Å². The molecule has 7 heteroatoms. The number of pyridine rings is 1. The maximum atomic E-state index is 12.4. The molecule has 0 aliphatic carbocycles. The summed E-state index contributed by atoms with van der Waals surface area (Å²) in [6.45, 7) is 0. The lowest BCUT2D eigenvalue weighted by molar-refractivity contribution is -0.136. The number of carboxylic acid groups (broad SMARTS) is 1. The second kappa shape index (κ2) is 4.53. The Balaban J connectivity index is 3.32. The summed E-state index contributed by atoms with van der Waals surface area (Å²) >= 11 is 0. The molecule has 2 N–H and O–H groups in total. The Hall–Kier alpha value is -2.23. The highest BCUT2D eigenvalue weighted by Gasteiger charge is 2.20. The average Bonchev–Trinajstić information content (AvgIpc) is 2.19. The Morgan fingerprint density at radius 1 is 1.62 bits per heavy atom. The number of nitriles is 1. The van der Waals surface area contributed by atoms with Crippen LogP contribution in [0.15, 0.2) is 6.07 Å². The van der Waals surface area contributed by atoms with Crippen molar-refractivity contribution in [2.45, 2.75) is 12.8 Å². The van der Waals surface area contributed by atoms with E-state index < -0.39 is 30.3 Å². The highest BCUT2D eigenvalue weighted by molar-refractivity contribution is 5.71. The molecule has 0 saturated heterocycles. The van der Waals surface area contributed by atoms with Crippen LogP contribution in [0.3, 0.4) is 0 Å². The van der Waals surface area contributed by atoms with Crippen LogP contribution < -0.4 is 0 Å². The Labute approximate surface area is 88.6 Å². The maximum absolute atomic E-state index is 12.4. The van der Waals surface area contributed by atoms with Crippen LogP contribution in [-0.4, -0.2) is 21.2 Å². The minimum Gasteiger partial charge on any atom is -0.506 e. The minimum absolute atomic E-state index is 0.255. The first-order valence-electron chi connectivity index (χ1n) is 4.08. The summed E-state index contributed by atoms with van der Waals surface area (Å²) in [5, 5.41) is 26.3. The molecule has 0 bridgehead atoms. The standard InChI is InChI=1S/C9H6F2N2O3/c10-9(11)7-8(16)4(2-6(14)15)1-5(3-12)13-7/h1,9,16H,2H2,(H,14,15). The van der Waals surface area contributed by atoms with Crippen molar-refractivity contribution in [3.05, 3.63) is 23.0 Å². The smallest absolute Gasteiger partial charge is 0.307 e. The van der Waals surface area contributed by atoms with Gasteiger partial charge in [0.15, 0.2) is 0 Å². The summed E-state index contributed by atoms with van der Waals surface area (Å²) in [5.41, 5.74) is -1.59. The van der Waals surface area contributed by atoms with E-state index in [1.54, 1.807) is 0 Å². The highest BCUT2D eigenvalue weighted by atomic mass is 19.3. The summed E-state index contributed by atoms with van der Waals surface area (Å²) < 4.78 is 24.8. The molecule has 84 valence electrons. The predicted molar refractivity (Wildman–Crippen MR) is 46.9 cm³/mol. The van der Waals surface area contributed by atoms with Crippen LogP contribution in [0.1, 0.15) is 23.4 Å². The van der Waals surface area contributed by atoms with Crippen molar-refractivity contribution in [2.75, 3.05) is 0 Å². The van der Waals surface area contributed by atoms with E-state index in [-0.39, 0.29) is 11.3 Å². The molecule has 1 aromatic heterocycles. The number of aromatic hydroxyl groups is 1. The van der Waals surface area contributed by atoms with Crippen molar-refractivity contribution in [1.29, 1.82) is 5.26 Å². The van der Waals surface area contributed by atoms with Crippen molar-refractivity contribution in [3.63, 3.8) is 0 Å². The van der Waals surface area contributed by atoms with Crippen molar-refractivity contribution in [1.82, 2.24) is 4.98 Å². The molecule has 0 fully saturated rings. The highest BCUT2D eigenvalue weighted by Crippen LogP contribution is 2.30. The summed E-state index contributed by atoms with van der Waals surface area (Å²) in [5.74, 6) is -2.18. The second-order valence-electron chi connectivity index (χ2n) is 2.88. The van der Waals surface area contributed by atoms with Gasteiger partial charge in [-0.15, -0.1) is 0 Å². The summed E-state index contributed by atoms with van der Waals surface area (Å²) in [6, 6.07) is 2.48. The van der Waals surface area contributed by atoms with Crippen LogP contribution in [0.2, 0.25) is 0 Å². The number of hydrogen-bond donors (Lipinski definition) is 2. The second-order valence-corrected chi connectivity index (χ2v) is 2.88. The van der Waals surface area contributed by atoms with Gasteiger partial charge in [-0.05, 0) is 6.07 Å². The number of rotatable bonds is 3. The molecule has 0 atom stereocenters. The zero-order valence-electron chi connectivity index (χ0n) is 7.81. The zero-order valence-corrected chi connectivity index (χ0v) is 7.81. The predicted octanol–water partition coefficient (Wildman–Crippen LogP) is 1.22. The van der Waals surface area contributed by atoms with E-state index in [0.717, 1.165) is 6.07 Å². The lowest BCUT2D eigenvalue weighted by Crippen LogP contribution is -2.04. The first kappa shape index (κ1) is 11.8. The molecule has 0 aromatic carbocycles. The first-order chi connectivity index (χ1) is 7.45. The van der Waals surface area contributed by atoms with Gasteiger partial charge in [0.05, 0.1) is 6.42 Å². The maximum Gasteiger partial charge on any atom is 0.307 e. The molecule has 0 radical (unpaired) electrons. The summed E-state index contributed by atoms with van der Waals surface area (Å²) in [4.78, 5) is 13.6. The van der Waals surface area contributed by atoms with Crippen LogP contribution >= 0.6 is 0 Å². The van der Waals surface area contributed by atoms with Gasteiger partial charge < -0.3 is 10.2 Å². The molecule has 1 heterocycles. The molecule has 0 spiro atoms. The number of alkyl halides is 2. The summed E-state index contributed by atoms with van der Waals surface area (Å²) in [7, 11) is 0. The quantitative estimate of drug-likeness (QED) is 0.811. The van der Waals surface area contributed by atoms with E-state index in [1.165, 1.54) is 6.07 Å². The molecule has 0 unspecified atom stereocenters. The number of aromatic nitrogens is 1. The first-order valence-corrected chi connectivity index (χ1v) is 4.08. The fourth-order valence-corrected chi connectivity index (χ4v) is 1.12.